The second-order valence-corrected chi connectivity index (χ2v) is 7.46. The lowest BCUT2D eigenvalue weighted by molar-refractivity contribution is 0.0977. The highest BCUT2D eigenvalue weighted by atomic mass is 127. The molecule has 8 heteroatoms. The number of fused-ring (bicyclic) bond motifs is 1. The molecule has 3 rings (SSSR count). The number of carbonyl (C=O) groups excluding carboxylic acids is 1. The van der Waals surface area contributed by atoms with Crippen molar-refractivity contribution in [2.45, 2.75) is 0 Å². The van der Waals surface area contributed by atoms with E-state index in [1.807, 2.05) is 30.3 Å². The maximum atomic E-state index is 12.2. The van der Waals surface area contributed by atoms with Gasteiger partial charge >= 0.3 is 0 Å². The van der Waals surface area contributed by atoms with Crippen LogP contribution >= 0.6 is 46.1 Å². The van der Waals surface area contributed by atoms with Gasteiger partial charge in [0.2, 0.25) is 0 Å². The summed E-state index contributed by atoms with van der Waals surface area (Å²) < 4.78 is 7.16. The molecule has 0 radical (unpaired) electrons. The quantitative estimate of drug-likeness (QED) is 0.448. The number of hydrogen-bond acceptors (Lipinski definition) is 5. The number of ether oxygens (including phenoxy) is 1. The van der Waals surface area contributed by atoms with Crippen molar-refractivity contribution in [2.75, 3.05) is 12.4 Å². The van der Waals surface area contributed by atoms with Crippen LogP contribution in [0, 0.1) is 3.57 Å². The molecule has 0 unspecified atom stereocenters. The molecule has 0 spiro atoms. The van der Waals surface area contributed by atoms with E-state index >= 15 is 0 Å². The fraction of sp³-hybridized carbons (Fsp3) is 0.0625. The molecule has 1 heterocycles. The molecular formula is C16H12IN3O2S2. The first-order valence-electron chi connectivity index (χ1n) is 6.87. The van der Waals surface area contributed by atoms with Crippen LogP contribution in [0.4, 0.5) is 5.13 Å². The third kappa shape index (κ3) is 4.00. The number of nitrogens with one attached hydrogen (secondary N) is 2. The van der Waals surface area contributed by atoms with Gasteiger partial charge in [-0.25, -0.2) is 4.98 Å². The van der Waals surface area contributed by atoms with Crippen LogP contribution < -0.4 is 15.4 Å². The Kier molecular flexibility index (Phi) is 5.27. The SMILES string of the molecule is COc1ccc2nc(NC(=S)NC(=O)c3cccc(I)c3)sc2c1. The van der Waals surface area contributed by atoms with E-state index in [0.717, 1.165) is 19.5 Å². The standard InChI is InChI=1S/C16H12IN3O2S2/c1-22-11-5-6-12-13(8-11)24-16(18-12)20-15(23)19-14(21)9-3-2-4-10(17)7-9/h2-8H,1H3,(H2,18,19,20,21,23). The second-order valence-electron chi connectivity index (χ2n) is 4.77. The molecule has 5 nitrogen and oxygen atoms in total. The van der Waals surface area contributed by atoms with Crippen molar-refractivity contribution in [3.63, 3.8) is 0 Å². The number of rotatable bonds is 3. The van der Waals surface area contributed by atoms with Crippen LogP contribution in [0.25, 0.3) is 10.2 Å². The van der Waals surface area contributed by atoms with Gasteiger partial charge in [0.05, 0.1) is 17.3 Å². The molecule has 0 aliphatic carbocycles. The van der Waals surface area contributed by atoms with Gasteiger partial charge in [0.25, 0.3) is 5.91 Å². The molecule has 0 saturated heterocycles. The average molecular weight is 469 g/mol. The number of methoxy groups -OCH3 is 1. The predicted molar refractivity (Wildman–Crippen MR) is 109 cm³/mol. The lowest BCUT2D eigenvalue weighted by atomic mass is 10.2. The van der Waals surface area contributed by atoms with Gasteiger partial charge in [0.1, 0.15) is 5.75 Å². The molecule has 0 saturated carbocycles. The molecule has 1 amide bonds. The number of hydrogen-bond donors (Lipinski definition) is 2. The first kappa shape index (κ1) is 17.1. The Morgan fingerprint density at radius 1 is 1.29 bits per heavy atom. The molecule has 0 bridgehead atoms. The number of anilines is 1. The molecule has 0 aliphatic rings. The summed E-state index contributed by atoms with van der Waals surface area (Å²) in [5, 5.41) is 6.44. The molecule has 24 heavy (non-hydrogen) atoms. The third-order valence-corrected chi connectivity index (χ3v) is 4.94. The van der Waals surface area contributed by atoms with E-state index < -0.39 is 0 Å². The highest BCUT2D eigenvalue weighted by molar-refractivity contribution is 14.1. The van der Waals surface area contributed by atoms with Gasteiger partial charge in [-0.2, -0.15) is 0 Å². The topological polar surface area (TPSA) is 63.2 Å². The number of nitrogens with zero attached hydrogens (tertiary/aromatic N) is 1. The van der Waals surface area contributed by atoms with Crippen molar-refractivity contribution in [1.29, 1.82) is 0 Å². The van der Waals surface area contributed by atoms with Crippen molar-refractivity contribution in [3.8, 4) is 5.75 Å². The predicted octanol–water partition coefficient (Wildman–Crippen LogP) is 4.04. The van der Waals surface area contributed by atoms with Crippen molar-refractivity contribution in [2.24, 2.45) is 0 Å². The largest absolute Gasteiger partial charge is 0.497 e. The number of benzene rings is 2. The zero-order chi connectivity index (χ0) is 17.1. The third-order valence-electron chi connectivity index (χ3n) is 3.13. The van der Waals surface area contributed by atoms with Crippen LogP contribution in [0.15, 0.2) is 42.5 Å². The van der Waals surface area contributed by atoms with E-state index in [-0.39, 0.29) is 11.0 Å². The summed E-state index contributed by atoms with van der Waals surface area (Å²) in [5.41, 5.74) is 1.40. The number of carbonyl (C=O) groups is 1. The van der Waals surface area contributed by atoms with Gasteiger partial charge in [0.15, 0.2) is 10.2 Å². The van der Waals surface area contributed by atoms with Gasteiger partial charge in [-0.15, -0.1) is 0 Å². The first-order valence-corrected chi connectivity index (χ1v) is 9.18. The molecular weight excluding hydrogens is 457 g/mol. The van der Waals surface area contributed by atoms with Crippen molar-refractivity contribution >= 4 is 72.5 Å². The summed E-state index contributed by atoms with van der Waals surface area (Å²) in [5.74, 6) is 0.515. The maximum Gasteiger partial charge on any atom is 0.257 e. The van der Waals surface area contributed by atoms with Crippen molar-refractivity contribution < 1.29 is 9.53 Å². The van der Waals surface area contributed by atoms with Gasteiger partial charge in [-0.05, 0) is 71.2 Å². The lowest BCUT2D eigenvalue weighted by Crippen LogP contribution is -2.34. The van der Waals surface area contributed by atoms with E-state index in [1.54, 1.807) is 19.2 Å². The zero-order valence-corrected chi connectivity index (χ0v) is 16.3. The maximum absolute atomic E-state index is 12.2. The second kappa shape index (κ2) is 7.41. The summed E-state index contributed by atoms with van der Waals surface area (Å²) >= 11 is 8.79. The molecule has 122 valence electrons. The van der Waals surface area contributed by atoms with Crippen LogP contribution in [0.5, 0.6) is 5.75 Å². The molecule has 0 fully saturated rings. The summed E-state index contributed by atoms with van der Waals surface area (Å²) in [6, 6.07) is 12.9. The van der Waals surface area contributed by atoms with Gasteiger partial charge < -0.3 is 10.1 Å². The van der Waals surface area contributed by atoms with Crippen LogP contribution in [-0.4, -0.2) is 23.1 Å². The van der Waals surface area contributed by atoms with Crippen molar-refractivity contribution in [1.82, 2.24) is 10.3 Å². The van der Waals surface area contributed by atoms with Crippen LogP contribution in [-0.2, 0) is 0 Å². The summed E-state index contributed by atoms with van der Waals surface area (Å²) in [6.07, 6.45) is 0. The van der Waals surface area contributed by atoms with E-state index in [0.29, 0.717) is 10.7 Å². The normalized spacial score (nSPS) is 10.4. The smallest absolute Gasteiger partial charge is 0.257 e. The Labute approximate surface area is 161 Å². The van der Waals surface area contributed by atoms with Gasteiger partial charge in [-0.1, -0.05) is 17.4 Å². The molecule has 2 N–H and O–H groups in total. The van der Waals surface area contributed by atoms with E-state index in [9.17, 15) is 4.79 Å². The van der Waals surface area contributed by atoms with E-state index in [2.05, 4.69) is 38.2 Å². The number of aromatic nitrogens is 1. The van der Waals surface area contributed by atoms with Gasteiger partial charge in [-0.3, -0.25) is 10.1 Å². The number of thiazole rings is 1. The highest BCUT2D eigenvalue weighted by Gasteiger charge is 2.10. The zero-order valence-electron chi connectivity index (χ0n) is 12.5. The fourth-order valence-electron chi connectivity index (χ4n) is 2.02. The highest BCUT2D eigenvalue weighted by Crippen LogP contribution is 2.29. The lowest BCUT2D eigenvalue weighted by Gasteiger charge is -2.07. The van der Waals surface area contributed by atoms with Crippen molar-refractivity contribution in [3.05, 3.63) is 51.6 Å². The molecule has 0 atom stereocenters. The summed E-state index contributed by atoms with van der Waals surface area (Å²) in [7, 11) is 1.62. The monoisotopic (exact) mass is 469 g/mol. The van der Waals surface area contributed by atoms with E-state index in [1.165, 1.54) is 11.3 Å². The Hall–Kier alpha value is -1.78. The van der Waals surface area contributed by atoms with Crippen LogP contribution in [0.2, 0.25) is 0 Å². The summed E-state index contributed by atoms with van der Waals surface area (Å²) in [4.78, 5) is 16.6. The fourth-order valence-corrected chi connectivity index (χ4v) is 3.71. The van der Waals surface area contributed by atoms with Crippen LogP contribution in [0.1, 0.15) is 10.4 Å². The Balaban J connectivity index is 1.69. The number of thiocarbonyl (C=S) groups is 1. The number of halogens is 1. The Bertz CT molecular complexity index is 927. The molecule has 3 aromatic rings. The minimum Gasteiger partial charge on any atom is -0.497 e. The summed E-state index contributed by atoms with van der Waals surface area (Å²) in [6.45, 7) is 0. The van der Waals surface area contributed by atoms with Crippen LogP contribution in [0.3, 0.4) is 0 Å². The average Bonchev–Trinajstić information content (AvgIpc) is 2.95. The Morgan fingerprint density at radius 2 is 2.12 bits per heavy atom. The Morgan fingerprint density at radius 3 is 2.88 bits per heavy atom. The molecule has 1 aromatic heterocycles. The first-order chi connectivity index (χ1) is 11.5. The van der Waals surface area contributed by atoms with E-state index in [4.69, 9.17) is 17.0 Å². The minimum absolute atomic E-state index is 0.213. The minimum atomic E-state index is -0.256. The molecule has 2 aromatic carbocycles. The number of amides is 1. The molecule has 0 aliphatic heterocycles. The van der Waals surface area contributed by atoms with Gasteiger partial charge in [0, 0.05) is 9.13 Å².